The first kappa shape index (κ1) is 27.5. The van der Waals surface area contributed by atoms with E-state index in [0.717, 1.165) is 4.90 Å². The number of alkyl halides is 6. The zero-order valence-corrected chi connectivity index (χ0v) is 20.0. The first-order valence-corrected chi connectivity index (χ1v) is 10.9. The van der Waals surface area contributed by atoms with Crippen LogP contribution in [0.15, 0.2) is 12.4 Å². The van der Waals surface area contributed by atoms with E-state index in [9.17, 15) is 36.2 Å². The lowest BCUT2D eigenvalue weighted by molar-refractivity contribution is -0.140. The molecular weight excluding hydrogens is 498 g/mol. The van der Waals surface area contributed by atoms with E-state index in [1.165, 1.54) is 9.58 Å². The number of ether oxygens (including phenoxy) is 1. The normalized spacial score (nSPS) is 15.6. The van der Waals surface area contributed by atoms with Gasteiger partial charge in [0.2, 0.25) is 5.95 Å². The maximum atomic E-state index is 14.0. The number of fused-ring (bicyclic) bond motifs is 1. The van der Waals surface area contributed by atoms with Crippen LogP contribution in [-0.4, -0.2) is 60.6 Å². The van der Waals surface area contributed by atoms with Gasteiger partial charge >= 0.3 is 18.4 Å². The Bertz CT molecular complexity index is 1080. The van der Waals surface area contributed by atoms with Gasteiger partial charge in [-0.25, -0.2) is 14.8 Å². The minimum atomic E-state index is -4.78. The summed E-state index contributed by atoms with van der Waals surface area (Å²) in [5.74, 6) is -0.133. The predicted octanol–water partition coefficient (Wildman–Crippen LogP) is 4.41. The summed E-state index contributed by atoms with van der Waals surface area (Å²) < 4.78 is 86.9. The van der Waals surface area contributed by atoms with E-state index in [-0.39, 0.29) is 43.6 Å². The summed E-state index contributed by atoms with van der Waals surface area (Å²) in [5, 5.41) is 13.5. The van der Waals surface area contributed by atoms with Crippen LogP contribution in [0, 0.1) is 0 Å². The smallest absolute Gasteiger partial charge is 0.420 e. The number of hydrogen-bond donors (Lipinski definition) is 1. The van der Waals surface area contributed by atoms with Crippen molar-refractivity contribution in [2.24, 2.45) is 0 Å². The molecule has 9 nitrogen and oxygen atoms in total. The molecule has 1 aliphatic rings. The summed E-state index contributed by atoms with van der Waals surface area (Å²) >= 11 is 0. The van der Waals surface area contributed by atoms with Crippen molar-refractivity contribution in [2.45, 2.75) is 71.3 Å². The molecule has 1 amide bonds. The Labute approximate surface area is 202 Å². The van der Waals surface area contributed by atoms with E-state index in [1.807, 2.05) is 0 Å². The van der Waals surface area contributed by atoms with Crippen molar-refractivity contribution in [3.63, 3.8) is 0 Å². The summed E-state index contributed by atoms with van der Waals surface area (Å²) in [5.41, 5.74) is -3.37. The highest BCUT2D eigenvalue weighted by molar-refractivity contribution is 5.66. The molecule has 3 heterocycles. The molecule has 0 radical (unpaired) electrons. The summed E-state index contributed by atoms with van der Waals surface area (Å²) in [6.45, 7) is 5.83. The van der Waals surface area contributed by atoms with Crippen molar-refractivity contribution >= 4 is 12.0 Å². The van der Waals surface area contributed by atoms with Gasteiger partial charge in [-0.15, -0.1) is 0 Å². The van der Waals surface area contributed by atoms with Gasteiger partial charge in [0, 0.05) is 24.5 Å². The van der Waals surface area contributed by atoms with E-state index >= 15 is 0 Å². The van der Waals surface area contributed by atoms with Crippen molar-refractivity contribution in [3.8, 4) is 0 Å². The standard InChI is InChI=1S/C21H26F6N6O3/c1-12(33(18(34)35)19(2,3)4)10-36-11-14-16(21(25,26)27)15-9-31(5-6-32(15)30-14)17-28-7-13(8-29-17)20(22,23)24/h7-8,12H,5-6,9-11H2,1-4H3,(H,34,35)/t12-/m0/s1. The zero-order valence-electron chi connectivity index (χ0n) is 20.0. The van der Waals surface area contributed by atoms with Gasteiger partial charge in [0.25, 0.3) is 0 Å². The van der Waals surface area contributed by atoms with E-state index in [2.05, 4.69) is 15.1 Å². The largest absolute Gasteiger partial charge is 0.465 e. The quantitative estimate of drug-likeness (QED) is 0.559. The summed E-state index contributed by atoms with van der Waals surface area (Å²) in [6, 6.07) is -0.638. The number of amides is 1. The van der Waals surface area contributed by atoms with Gasteiger partial charge in [-0.3, -0.25) is 9.58 Å². The van der Waals surface area contributed by atoms with E-state index in [1.54, 1.807) is 27.7 Å². The van der Waals surface area contributed by atoms with Crippen LogP contribution in [0.25, 0.3) is 0 Å². The van der Waals surface area contributed by atoms with Gasteiger partial charge in [0.1, 0.15) is 11.3 Å². The molecule has 2 aromatic heterocycles. The SMILES string of the molecule is C[C@@H](COCc1nn2c(c1C(F)(F)F)CN(c1ncc(C(F)(F)F)cn1)CC2)N(C(=O)O)C(C)(C)C. The maximum Gasteiger partial charge on any atom is 0.420 e. The van der Waals surface area contributed by atoms with Crippen LogP contribution in [0.4, 0.5) is 37.1 Å². The van der Waals surface area contributed by atoms with Gasteiger partial charge in [0.05, 0.1) is 43.6 Å². The third-order valence-electron chi connectivity index (χ3n) is 5.55. The van der Waals surface area contributed by atoms with Crippen LogP contribution < -0.4 is 4.90 Å². The Hall–Kier alpha value is -3.10. The fraction of sp³-hybridized carbons (Fsp3) is 0.619. The van der Waals surface area contributed by atoms with Crippen molar-refractivity contribution in [1.82, 2.24) is 24.6 Å². The fourth-order valence-corrected chi connectivity index (χ4v) is 4.14. The summed E-state index contributed by atoms with van der Waals surface area (Å²) in [6.07, 6.45) is -9.43. The molecule has 0 spiro atoms. The second kappa shape index (κ2) is 9.75. The topological polar surface area (TPSA) is 96.6 Å². The lowest BCUT2D eigenvalue weighted by atomic mass is 10.0. The van der Waals surface area contributed by atoms with Gasteiger partial charge in [-0.1, -0.05) is 0 Å². The van der Waals surface area contributed by atoms with E-state index in [0.29, 0.717) is 12.4 Å². The first-order chi connectivity index (χ1) is 16.5. The number of aromatic nitrogens is 4. The molecule has 2 aromatic rings. The lowest BCUT2D eigenvalue weighted by Crippen LogP contribution is -2.51. The molecule has 0 fully saturated rings. The third-order valence-corrected chi connectivity index (χ3v) is 5.55. The lowest BCUT2D eigenvalue weighted by Gasteiger charge is -2.37. The van der Waals surface area contributed by atoms with Crippen LogP contribution in [-0.2, 0) is 36.8 Å². The minimum Gasteiger partial charge on any atom is -0.465 e. The summed E-state index contributed by atoms with van der Waals surface area (Å²) in [7, 11) is 0. The van der Waals surface area contributed by atoms with Gasteiger partial charge in [0.15, 0.2) is 0 Å². The Balaban J connectivity index is 1.78. The van der Waals surface area contributed by atoms with E-state index < -0.39 is 47.8 Å². The van der Waals surface area contributed by atoms with Gasteiger partial charge < -0.3 is 14.7 Å². The molecule has 15 heteroatoms. The van der Waals surface area contributed by atoms with E-state index in [4.69, 9.17) is 4.74 Å². The van der Waals surface area contributed by atoms with Crippen LogP contribution in [0.5, 0.6) is 0 Å². The molecule has 0 saturated heterocycles. The highest BCUT2D eigenvalue weighted by Gasteiger charge is 2.42. The van der Waals surface area contributed by atoms with Crippen molar-refractivity contribution in [1.29, 1.82) is 0 Å². The molecule has 0 aromatic carbocycles. The van der Waals surface area contributed by atoms with Gasteiger partial charge in [-0.05, 0) is 27.7 Å². The number of hydrogen-bond acceptors (Lipinski definition) is 6. The Morgan fingerprint density at radius 1 is 1.11 bits per heavy atom. The Morgan fingerprint density at radius 2 is 1.72 bits per heavy atom. The molecule has 1 atom stereocenters. The monoisotopic (exact) mass is 524 g/mol. The molecule has 0 unspecified atom stereocenters. The average Bonchev–Trinajstić information content (AvgIpc) is 3.09. The molecule has 1 N–H and O–H groups in total. The second-order valence-electron chi connectivity index (χ2n) is 9.37. The number of rotatable bonds is 6. The molecular formula is C21H26F6N6O3. The number of halogens is 6. The van der Waals surface area contributed by atoms with Crippen LogP contribution in [0.3, 0.4) is 0 Å². The molecule has 0 saturated carbocycles. The minimum absolute atomic E-state index is 0.0238. The Morgan fingerprint density at radius 3 is 2.22 bits per heavy atom. The number of carbonyl (C=O) groups is 1. The maximum absolute atomic E-state index is 14.0. The molecule has 200 valence electrons. The molecule has 1 aliphatic heterocycles. The first-order valence-electron chi connectivity index (χ1n) is 10.9. The number of anilines is 1. The highest BCUT2D eigenvalue weighted by Crippen LogP contribution is 2.37. The second-order valence-corrected chi connectivity index (χ2v) is 9.37. The zero-order chi connectivity index (χ0) is 27.1. The van der Waals surface area contributed by atoms with Crippen molar-refractivity contribution in [3.05, 3.63) is 34.9 Å². The Kier molecular flexibility index (Phi) is 7.44. The van der Waals surface area contributed by atoms with Crippen molar-refractivity contribution in [2.75, 3.05) is 18.1 Å². The van der Waals surface area contributed by atoms with Crippen LogP contribution >= 0.6 is 0 Å². The average molecular weight is 524 g/mol. The van der Waals surface area contributed by atoms with Crippen LogP contribution in [0.2, 0.25) is 0 Å². The summed E-state index contributed by atoms with van der Waals surface area (Å²) in [4.78, 5) is 21.4. The highest BCUT2D eigenvalue weighted by atomic mass is 19.4. The van der Waals surface area contributed by atoms with Crippen molar-refractivity contribution < 1.29 is 41.0 Å². The molecule has 36 heavy (non-hydrogen) atoms. The van der Waals surface area contributed by atoms with Crippen LogP contribution in [0.1, 0.15) is 50.2 Å². The third kappa shape index (κ3) is 5.99. The molecule has 0 bridgehead atoms. The molecule has 0 aliphatic carbocycles. The number of nitrogens with zero attached hydrogens (tertiary/aromatic N) is 6. The van der Waals surface area contributed by atoms with Gasteiger partial charge in [-0.2, -0.15) is 31.4 Å². The fourth-order valence-electron chi connectivity index (χ4n) is 4.14. The predicted molar refractivity (Wildman–Crippen MR) is 114 cm³/mol. The molecule has 3 rings (SSSR count). The number of carboxylic acid groups (broad SMARTS) is 1.